The Balaban J connectivity index is 3.24. The molecule has 0 saturated carbocycles. The lowest BCUT2D eigenvalue weighted by molar-refractivity contribution is 0.0921. The summed E-state index contributed by atoms with van der Waals surface area (Å²) < 4.78 is 1.82. The van der Waals surface area contributed by atoms with Gasteiger partial charge in [0.25, 0.3) is 0 Å². The standard InChI is InChI=1S/C12H20N2O/c1-8(2)11(15)10-7-9(3)13-14(10)12(4,5)6/h7-8H,1-6H3. The van der Waals surface area contributed by atoms with E-state index in [1.54, 1.807) is 0 Å². The molecule has 0 aliphatic heterocycles. The molecule has 0 unspecified atom stereocenters. The van der Waals surface area contributed by atoms with E-state index in [1.807, 2.05) is 31.5 Å². The summed E-state index contributed by atoms with van der Waals surface area (Å²) in [6.45, 7) is 11.9. The van der Waals surface area contributed by atoms with Gasteiger partial charge in [-0.05, 0) is 33.8 Å². The second-order valence-corrected chi connectivity index (χ2v) is 5.27. The van der Waals surface area contributed by atoms with E-state index in [4.69, 9.17) is 0 Å². The third-order valence-electron chi connectivity index (χ3n) is 2.24. The van der Waals surface area contributed by atoms with E-state index in [-0.39, 0.29) is 17.2 Å². The smallest absolute Gasteiger partial charge is 0.183 e. The molecule has 0 radical (unpaired) electrons. The van der Waals surface area contributed by atoms with Gasteiger partial charge in [0.2, 0.25) is 0 Å². The average Bonchev–Trinajstić information content (AvgIpc) is 2.44. The number of carbonyl (C=O) groups excluding carboxylic acids is 1. The number of aryl methyl sites for hydroxylation is 1. The number of nitrogens with zero attached hydrogens (tertiary/aromatic N) is 2. The molecule has 1 aromatic heterocycles. The van der Waals surface area contributed by atoms with Crippen LogP contribution in [-0.2, 0) is 5.54 Å². The molecule has 0 aliphatic carbocycles. The summed E-state index contributed by atoms with van der Waals surface area (Å²) in [5.74, 6) is 0.174. The maximum Gasteiger partial charge on any atom is 0.183 e. The molecule has 0 aliphatic rings. The second kappa shape index (κ2) is 3.80. The molecule has 1 rings (SSSR count). The molecule has 0 atom stereocenters. The Morgan fingerprint density at radius 3 is 2.33 bits per heavy atom. The zero-order valence-corrected chi connectivity index (χ0v) is 10.5. The summed E-state index contributed by atoms with van der Waals surface area (Å²) in [6.07, 6.45) is 0. The van der Waals surface area contributed by atoms with Crippen molar-refractivity contribution in [3.8, 4) is 0 Å². The summed E-state index contributed by atoms with van der Waals surface area (Å²) >= 11 is 0. The fourth-order valence-corrected chi connectivity index (χ4v) is 1.48. The summed E-state index contributed by atoms with van der Waals surface area (Å²) in [7, 11) is 0. The molecule has 15 heavy (non-hydrogen) atoms. The van der Waals surface area contributed by atoms with Crippen molar-refractivity contribution in [1.29, 1.82) is 0 Å². The van der Waals surface area contributed by atoms with Crippen LogP contribution in [-0.4, -0.2) is 15.6 Å². The van der Waals surface area contributed by atoms with Gasteiger partial charge in [0, 0.05) is 5.92 Å². The zero-order valence-electron chi connectivity index (χ0n) is 10.5. The molecular weight excluding hydrogens is 188 g/mol. The van der Waals surface area contributed by atoms with Crippen LogP contribution in [0.4, 0.5) is 0 Å². The number of carbonyl (C=O) groups is 1. The quantitative estimate of drug-likeness (QED) is 0.700. The van der Waals surface area contributed by atoms with Gasteiger partial charge in [0.05, 0.1) is 11.2 Å². The van der Waals surface area contributed by atoms with E-state index in [0.717, 1.165) is 11.4 Å². The highest BCUT2D eigenvalue weighted by atomic mass is 16.1. The molecule has 0 fully saturated rings. The summed E-state index contributed by atoms with van der Waals surface area (Å²) in [4.78, 5) is 12.0. The molecule has 1 aromatic rings. The van der Waals surface area contributed by atoms with Crippen LogP contribution in [0.15, 0.2) is 6.07 Å². The van der Waals surface area contributed by atoms with Gasteiger partial charge >= 0.3 is 0 Å². The van der Waals surface area contributed by atoms with Gasteiger partial charge in [0.1, 0.15) is 5.69 Å². The zero-order chi connectivity index (χ0) is 11.8. The van der Waals surface area contributed by atoms with Crippen LogP contribution in [0.1, 0.15) is 50.8 Å². The van der Waals surface area contributed by atoms with E-state index in [2.05, 4.69) is 25.9 Å². The predicted molar refractivity (Wildman–Crippen MR) is 61.1 cm³/mol. The van der Waals surface area contributed by atoms with Crippen molar-refractivity contribution in [2.24, 2.45) is 5.92 Å². The summed E-state index contributed by atoms with van der Waals surface area (Å²) in [5.41, 5.74) is 1.47. The van der Waals surface area contributed by atoms with Gasteiger partial charge in [-0.3, -0.25) is 9.48 Å². The fourth-order valence-electron chi connectivity index (χ4n) is 1.48. The Kier molecular flexibility index (Phi) is 3.03. The molecule has 3 heteroatoms. The van der Waals surface area contributed by atoms with Crippen molar-refractivity contribution in [2.45, 2.75) is 47.1 Å². The van der Waals surface area contributed by atoms with Crippen molar-refractivity contribution in [2.75, 3.05) is 0 Å². The first-order valence-electron chi connectivity index (χ1n) is 5.35. The lowest BCUT2D eigenvalue weighted by Gasteiger charge is -2.22. The van der Waals surface area contributed by atoms with Crippen molar-refractivity contribution < 1.29 is 4.79 Å². The van der Waals surface area contributed by atoms with Crippen LogP contribution in [0.25, 0.3) is 0 Å². The molecule has 1 heterocycles. The molecule has 0 N–H and O–H groups in total. The number of hydrogen-bond acceptors (Lipinski definition) is 2. The lowest BCUT2D eigenvalue weighted by Crippen LogP contribution is -2.28. The highest BCUT2D eigenvalue weighted by Gasteiger charge is 2.23. The Hall–Kier alpha value is -1.12. The van der Waals surface area contributed by atoms with Gasteiger partial charge in [-0.2, -0.15) is 5.10 Å². The lowest BCUT2D eigenvalue weighted by atomic mass is 10.0. The van der Waals surface area contributed by atoms with Crippen LogP contribution in [0, 0.1) is 12.8 Å². The van der Waals surface area contributed by atoms with Crippen molar-refractivity contribution >= 4 is 5.78 Å². The largest absolute Gasteiger partial charge is 0.292 e. The Bertz CT molecular complexity index is 369. The molecule has 0 bridgehead atoms. The number of rotatable bonds is 2. The summed E-state index contributed by atoms with van der Waals surface area (Å²) in [6, 6.07) is 1.87. The minimum Gasteiger partial charge on any atom is -0.292 e. The SMILES string of the molecule is Cc1cc(C(=O)C(C)C)n(C(C)(C)C)n1. The molecule has 0 saturated heterocycles. The fraction of sp³-hybridized carbons (Fsp3) is 0.667. The minimum atomic E-state index is -0.145. The van der Waals surface area contributed by atoms with Crippen molar-refractivity contribution in [3.63, 3.8) is 0 Å². The Morgan fingerprint density at radius 2 is 1.93 bits per heavy atom. The van der Waals surface area contributed by atoms with E-state index >= 15 is 0 Å². The normalized spacial score (nSPS) is 12.2. The van der Waals surface area contributed by atoms with Gasteiger partial charge in [-0.1, -0.05) is 13.8 Å². The number of hydrogen-bond donors (Lipinski definition) is 0. The summed E-state index contributed by atoms with van der Waals surface area (Å²) in [5, 5.41) is 4.38. The average molecular weight is 208 g/mol. The van der Waals surface area contributed by atoms with E-state index in [9.17, 15) is 4.79 Å². The first-order valence-corrected chi connectivity index (χ1v) is 5.35. The molecule has 3 nitrogen and oxygen atoms in total. The van der Waals surface area contributed by atoms with Crippen molar-refractivity contribution in [3.05, 3.63) is 17.5 Å². The van der Waals surface area contributed by atoms with Gasteiger partial charge < -0.3 is 0 Å². The molecule has 0 spiro atoms. The van der Waals surface area contributed by atoms with Crippen LogP contribution in [0.3, 0.4) is 0 Å². The molecule has 84 valence electrons. The second-order valence-electron chi connectivity index (χ2n) is 5.27. The van der Waals surface area contributed by atoms with Gasteiger partial charge in [0.15, 0.2) is 5.78 Å². The van der Waals surface area contributed by atoms with Crippen molar-refractivity contribution in [1.82, 2.24) is 9.78 Å². The van der Waals surface area contributed by atoms with E-state index in [0.29, 0.717) is 0 Å². The highest BCUT2D eigenvalue weighted by molar-refractivity contribution is 5.96. The third kappa shape index (κ3) is 2.46. The van der Waals surface area contributed by atoms with Crippen LogP contribution >= 0.6 is 0 Å². The van der Waals surface area contributed by atoms with E-state index in [1.165, 1.54) is 0 Å². The minimum absolute atomic E-state index is 0.0159. The first kappa shape index (κ1) is 12.0. The molecular formula is C12H20N2O. The number of Topliss-reactive ketones (excluding diaryl/α,β-unsaturated/α-hetero) is 1. The highest BCUT2D eigenvalue weighted by Crippen LogP contribution is 2.19. The maximum absolute atomic E-state index is 12.0. The molecule has 0 aromatic carbocycles. The molecule has 0 amide bonds. The Labute approximate surface area is 91.5 Å². The predicted octanol–water partition coefficient (Wildman–Crippen LogP) is 2.79. The first-order chi connectivity index (χ1) is 6.73. The van der Waals surface area contributed by atoms with E-state index < -0.39 is 0 Å². The maximum atomic E-state index is 12.0. The topological polar surface area (TPSA) is 34.9 Å². The monoisotopic (exact) mass is 208 g/mol. The number of ketones is 1. The van der Waals surface area contributed by atoms with Crippen LogP contribution in [0.2, 0.25) is 0 Å². The van der Waals surface area contributed by atoms with Gasteiger partial charge in [-0.25, -0.2) is 0 Å². The van der Waals surface area contributed by atoms with Gasteiger partial charge in [-0.15, -0.1) is 0 Å². The number of aromatic nitrogens is 2. The van der Waals surface area contributed by atoms with Crippen LogP contribution < -0.4 is 0 Å². The van der Waals surface area contributed by atoms with Crippen LogP contribution in [0.5, 0.6) is 0 Å². The third-order valence-corrected chi connectivity index (χ3v) is 2.24. The Morgan fingerprint density at radius 1 is 1.40 bits per heavy atom.